The second-order valence-electron chi connectivity index (χ2n) is 3.92. The van der Waals surface area contributed by atoms with Crippen LogP contribution in [0.5, 0.6) is 0 Å². The zero-order chi connectivity index (χ0) is 9.54. The molecule has 1 aromatic heterocycles. The molecule has 0 N–H and O–H groups in total. The molecule has 1 fully saturated rings. The molecule has 2 aliphatic rings. The van der Waals surface area contributed by atoms with Crippen LogP contribution in [0.15, 0.2) is 0 Å². The van der Waals surface area contributed by atoms with Gasteiger partial charge >= 0.3 is 0 Å². The lowest BCUT2D eigenvalue weighted by Gasteiger charge is -2.24. The molecule has 0 radical (unpaired) electrons. The van der Waals surface area contributed by atoms with E-state index in [-0.39, 0.29) is 0 Å². The molecule has 1 saturated carbocycles. The lowest BCUT2D eigenvalue weighted by Crippen LogP contribution is -2.14. The second-order valence-corrected chi connectivity index (χ2v) is 5.26. The molecule has 0 atom stereocenters. The minimum absolute atomic E-state index is 0.586. The Morgan fingerprint density at radius 2 is 2.07 bits per heavy atom. The van der Waals surface area contributed by atoms with E-state index in [0.717, 1.165) is 17.3 Å². The fourth-order valence-electron chi connectivity index (χ4n) is 1.88. The maximum atomic E-state index is 6.14. The first-order valence-electron chi connectivity index (χ1n) is 4.97. The summed E-state index contributed by atoms with van der Waals surface area (Å²) < 4.78 is 0. The molecule has 1 aliphatic carbocycles. The lowest BCUT2D eigenvalue weighted by molar-refractivity contribution is 0.400. The SMILES string of the molecule is Clc1nc(C2CCC2)nc2c1CSC2. The van der Waals surface area contributed by atoms with Crippen molar-refractivity contribution in [3.05, 3.63) is 22.2 Å². The highest BCUT2D eigenvalue weighted by atomic mass is 35.5. The highest BCUT2D eigenvalue weighted by Crippen LogP contribution is 2.38. The number of hydrogen-bond donors (Lipinski definition) is 0. The zero-order valence-corrected chi connectivity index (χ0v) is 9.37. The van der Waals surface area contributed by atoms with Crippen LogP contribution in [0.2, 0.25) is 5.15 Å². The third-order valence-corrected chi connectivity index (χ3v) is 4.30. The van der Waals surface area contributed by atoms with E-state index in [4.69, 9.17) is 11.6 Å². The quantitative estimate of drug-likeness (QED) is 0.688. The predicted octanol–water partition coefficient (Wildman–Crippen LogP) is 3.14. The van der Waals surface area contributed by atoms with Crippen molar-refractivity contribution >= 4 is 23.4 Å². The minimum Gasteiger partial charge on any atom is -0.236 e. The first-order valence-corrected chi connectivity index (χ1v) is 6.51. The van der Waals surface area contributed by atoms with Gasteiger partial charge in [-0.2, -0.15) is 11.8 Å². The number of hydrogen-bond acceptors (Lipinski definition) is 3. The topological polar surface area (TPSA) is 25.8 Å². The van der Waals surface area contributed by atoms with E-state index >= 15 is 0 Å². The summed E-state index contributed by atoms with van der Waals surface area (Å²) in [5.41, 5.74) is 2.34. The van der Waals surface area contributed by atoms with Gasteiger partial charge in [-0.05, 0) is 12.8 Å². The number of nitrogens with zero attached hydrogens (tertiary/aromatic N) is 2. The molecule has 1 aromatic rings. The molecule has 2 nitrogen and oxygen atoms in total. The standard InChI is InChI=1S/C10H11ClN2S/c11-9-7-4-14-5-8(7)12-10(13-9)6-2-1-3-6/h6H,1-5H2. The van der Waals surface area contributed by atoms with Crippen LogP contribution in [0.4, 0.5) is 0 Å². The van der Waals surface area contributed by atoms with E-state index in [0.29, 0.717) is 11.1 Å². The van der Waals surface area contributed by atoms with Crippen LogP contribution in [-0.2, 0) is 11.5 Å². The molecule has 0 bridgehead atoms. The summed E-state index contributed by atoms with van der Waals surface area (Å²) in [7, 11) is 0. The van der Waals surface area contributed by atoms with Crippen molar-refractivity contribution in [2.75, 3.05) is 0 Å². The Morgan fingerprint density at radius 3 is 2.79 bits per heavy atom. The van der Waals surface area contributed by atoms with Gasteiger partial charge in [-0.25, -0.2) is 9.97 Å². The number of halogens is 1. The van der Waals surface area contributed by atoms with Gasteiger partial charge in [0.05, 0.1) is 5.69 Å². The van der Waals surface area contributed by atoms with Crippen LogP contribution in [-0.4, -0.2) is 9.97 Å². The van der Waals surface area contributed by atoms with Gasteiger partial charge < -0.3 is 0 Å². The maximum Gasteiger partial charge on any atom is 0.137 e. The van der Waals surface area contributed by atoms with E-state index in [2.05, 4.69) is 9.97 Å². The monoisotopic (exact) mass is 226 g/mol. The molecule has 2 heterocycles. The minimum atomic E-state index is 0.586. The summed E-state index contributed by atoms with van der Waals surface area (Å²) in [5, 5.41) is 0.696. The third kappa shape index (κ3) is 1.34. The first-order chi connectivity index (χ1) is 6.84. The van der Waals surface area contributed by atoms with Gasteiger partial charge in [0.1, 0.15) is 11.0 Å². The van der Waals surface area contributed by atoms with Gasteiger partial charge in [0.25, 0.3) is 0 Å². The van der Waals surface area contributed by atoms with Gasteiger partial charge in [0.2, 0.25) is 0 Å². The second kappa shape index (κ2) is 3.38. The van der Waals surface area contributed by atoms with Gasteiger partial charge in [-0.3, -0.25) is 0 Å². The molecule has 0 saturated heterocycles. The summed E-state index contributed by atoms with van der Waals surface area (Å²) in [6, 6.07) is 0. The number of thioether (sulfide) groups is 1. The van der Waals surface area contributed by atoms with E-state index < -0.39 is 0 Å². The first kappa shape index (κ1) is 8.98. The average Bonchev–Trinajstić information content (AvgIpc) is 2.48. The summed E-state index contributed by atoms with van der Waals surface area (Å²) in [6.45, 7) is 0. The fourth-order valence-corrected chi connectivity index (χ4v) is 3.26. The average molecular weight is 227 g/mol. The van der Waals surface area contributed by atoms with Crippen molar-refractivity contribution in [3.8, 4) is 0 Å². The van der Waals surface area contributed by atoms with Crippen LogP contribution in [0, 0.1) is 0 Å². The van der Waals surface area contributed by atoms with Gasteiger partial charge in [0.15, 0.2) is 0 Å². The van der Waals surface area contributed by atoms with E-state index in [1.807, 2.05) is 11.8 Å². The summed E-state index contributed by atoms with van der Waals surface area (Å²) in [4.78, 5) is 9.03. The van der Waals surface area contributed by atoms with Crippen molar-refractivity contribution in [2.24, 2.45) is 0 Å². The van der Waals surface area contributed by atoms with Crippen molar-refractivity contribution in [1.29, 1.82) is 0 Å². The number of rotatable bonds is 1. The summed E-state index contributed by atoms with van der Waals surface area (Å²) in [6.07, 6.45) is 3.79. The van der Waals surface area contributed by atoms with Crippen LogP contribution >= 0.6 is 23.4 Å². The molecule has 0 amide bonds. The molecular weight excluding hydrogens is 216 g/mol. The third-order valence-electron chi connectivity index (χ3n) is 3.02. The maximum absolute atomic E-state index is 6.14. The summed E-state index contributed by atoms with van der Waals surface area (Å²) >= 11 is 8.01. The lowest BCUT2D eigenvalue weighted by atomic mass is 9.85. The van der Waals surface area contributed by atoms with Crippen molar-refractivity contribution in [2.45, 2.75) is 36.7 Å². The predicted molar refractivity (Wildman–Crippen MR) is 58.6 cm³/mol. The Hall–Kier alpha value is -0.280. The Kier molecular flexibility index (Phi) is 2.17. The molecule has 74 valence electrons. The Bertz CT molecular complexity index is 377. The normalized spacial score (nSPS) is 20.6. The van der Waals surface area contributed by atoms with Crippen LogP contribution < -0.4 is 0 Å². The number of aromatic nitrogens is 2. The van der Waals surface area contributed by atoms with Gasteiger partial charge in [0, 0.05) is 23.0 Å². The molecular formula is C10H11ClN2S. The Balaban J connectivity index is 2.02. The van der Waals surface area contributed by atoms with Crippen LogP contribution in [0.3, 0.4) is 0 Å². The van der Waals surface area contributed by atoms with E-state index in [1.165, 1.54) is 30.5 Å². The molecule has 0 spiro atoms. The van der Waals surface area contributed by atoms with Gasteiger partial charge in [-0.1, -0.05) is 18.0 Å². The van der Waals surface area contributed by atoms with Gasteiger partial charge in [-0.15, -0.1) is 0 Å². The zero-order valence-electron chi connectivity index (χ0n) is 7.79. The highest BCUT2D eigenvalue weighted by Gasteiger charge is 2.26. The Labute approximate surface area is 92.5 Å². The van der Waals surface area contributed by atoms with E-state index in [1.54, 1.807) is 0 Å². The molecule has 3 rings (SSSR count). The largest absolute Gasteiger partial charge is 0.236 e. The highest BCUT2D eigenvalue weighted by molar-refractivity contribution is 7.98. The van der Waals surface area contributed by atoms with Crippen molar-refractivity contribution < 1.29 is 0 Å². The van der Waals surface area contributed by atoms with E-state index in [9.17, 15) is 0 Å². The number of fused-ring (bicyclic) bond motifs is 1. The summed E-state index contributed by atoms with van der Waals surface area (Å²) in [5.74, 6) is 3.57. The smallest absolute Gasteiger partial charge is 0.137 e. The fraction of sp³-hybridized carbons (Fsp3) is 0.600. The van der Waals surface area contributed by atoms with Crippen LogP contribution in [0.1, 0.15) is 42.3 Å². The van der Waals surface area contributed by atoms with Crippen LogP contribution in [0.25, 0.3) is 0 Å². The molecule has 14 heavy (non-hydrogen) atoms. The molecule has 4 heteroatoms. The molecule has 1 aliphatic heterocycles. The van der Waals surface area contributed by atoms with Crippen molar-refractivity contribution in [1.82, 2.24) is 9.97 Å². The Morgan fingerprint density at radius 1 is 1.21 bits per heavy atom. The molecule has 0 aromatic carbocycles. The molecule has 0 unspecified atom stereocenters. The van der Waals surface area contributed by atoms with Crippen molar-refractivity contribution in [3.63, 3.8) is 0 Å².